The summed E-state index contributed by atoms with van der Waals surface area (Å²) in [5, 5.41) is 9.43. The largest absolute Gasteiger partial charge is 0.378 e. The molecule has 2 aromatic rings. The van der Waals surface area contributed by atoms with Crippen LogP contribution < -0.4 is 10.6 Å². The Hall–Kier alpha value is -2.06. The Morgan fingerprint density at radius 3 is 2.65 bits per heavy atom. The molecule has 0 spiro atoms. The normalized spacial score (nSPS) is 14.9. The number of anilines is 1. The van der Waals surface area contributed by atoms with Crippen molar-refractivity contribution >= 4 is 23.6 Å². The molecule has 0 aliphatic carbocycles. The van der Waals surface area contributed by atoms with Crippen LogP contribution in [-0.2, 0) is 9.53 Å². The Bertz CT molecular complexity index is 655. The first-order valence-corrected chi connectivity index (χ1v) is 8.49. The number of aromatic nitrogens is 3. The molecule has 1 fully saturated rings. The number of ether oxygens (including phenoxy) is 1. The number of amides is 1. The molecule has 0 atom stereocenters. The standard InChI is InChI=1S/C15H19N5O2S/c16-13(21)6-11-23-15-18-17-14(19-7-9-22-10-8-19)20(15)12-4-2-1-3-5-12/h1-5H,6-11H2,(H2,16,21). The fraction of sp³-hybridized carbons (Fsp3) is 0.400. The van der Waals surface area contributed by atoms with Gasteiger partial charge in [-0.25, -0.2) is 0 Å². The van der Waals surface area contributed by atoms with Gasteiger partial charge in [0.15, 0.2) is 5.16 Å². The molecule has 2 N–H and O–H groups in total. The molecule has 122 valence electrons. The number of primary amides is 1. The predicted octanol–water partition coefficient (Wildman–Crippen LogP) is 1.07. The van der Waals surface area contributed by atoms with E-state index in [1.54, 1.807) is 0 Å². The molecule has 1 aromatic carbocycles. The van der Waals surface area contributed by atoms with Crippen molar-refractivity contribution < 1.29 is 9.53 Å². The summed E-state index contributed by atoms with van der Waals surface area (Å²) in [6.07, 6.45) is 0.319. The number of morpholine rings is 1. The summed E-state index contributed by atoms with van der Waals surface area (Å²) in [6.45, 7) is 2.95. The Labute approximate surface area is 138 Å². The lowest BCUT2D eigenvalue weighted by molar-refractivity contribution is -0.117. The molecule has 23 heavy (non-hydrogen) atoms. The van der Waals surface area contributed by atoms with Gasteiger partial charge in [-0.1, -0.05) is 30.0 Å². The van der Waals surface area contributed by atoms with Gasteiger partial charge in [-0.05, 0) is 12.1 Å². The van der Waals surface area contributed by atoms with Crippen LogP contribution in [0.5, 0.6) is 0 Å². The van der Waals surface area contributed by atoms with Gasteiger partial charge in [-0.3, -0.25) is 9.36 Å². The van der Waals surface area contributed by atoms with E-state index < -0.39 is 0 Å². The molecule has 7 nitrogen and oxygen atoms in total. The number of para-hydroxylation sites is 1. The van der Waals surface area contributed by atoms with Gasteiger partial charge in [0.25, 0.3) is 0 Å². The zero-order chi connectivity index (χ0) is 16.1. The molecule has 1 saturated heterocycles. The summed E-state index contributed by atoms with van der Waals surface area (Å²) in [5.41, 5.74) is 6.21. The number of thioether (sulfide) groups is 1. The van der Waals surface area contributed by atoms with Crippen LogP contribution in [0, 0.1) is 0 Å². The first-order valence-electron chi connectivity index (χ1n) is 7.50. The van der Waals surface area contributed by atoms with Crippen LogP contribution in [0.1, 0.15) is 6.42 Å². The van der Waals surface area contributed by atoms with Crippen molar-refractivity contribution in [2.45, 2.75) is 11.6 Å². The summed E-state index contributed by atoms with van der Waals surface area (Å²) in [6, 6.07) is 9.98. The van der Waals surface area contributed by atoms with E-state index in [0.717, 1.165) is 29.9 Å². The molecule has 2 heterocycles. The van der Waals surface area contributed by atoms with E-state index in [2.05, 4.69) is 15.1 Å². The minimum atomic E-state index is -0.309. The van der Waals surface area contributed by atoms with Gasteiger partial charge < -0.3 is 15.4 Å². The van der Waals surface area contributed by atoms with E-state index in [-0.39, 0.29) is 5.91 Å². The molecule has 1 aliphatic rings. The van der Waals surface area contributed by atoms with Crippen LogP contribution in [0.25, 0.3) is 5.69 Å². The molecule has 3 rings (SSSR count). The minimum absolute atomic E-state index is 0.309. The fourth-order valence-corrected chi connectivity index (χ4v) is 3.27. The molecule has 1 aromatic heterocycles. The molecule has 8 heteroatoms. The van der Waals surface area contributed by atoms with E-state index in [0.29, 0.717) is 25.4 Å². The summed E-state index contributed by atoms with van der Waals surface area (Å²) >= 11 is 1.49. The third-order valence-corrected chi connectivity index (χ3v) is 4.43. The van der Waals surface area contributed by atoms with Gasteiger partial charge in [-0.2, -0.15) is 0 Å². The van der Waals surface area contributed by atoms with Gasteiger partial charge in [0.05, 0.1) is 18.9 Å². The Kier molecular flexibility index (Phi) is 5.14. The van der Waals surface area contributed by atoms with Crippen LogP contribution in [0.15, 0.2) is 35.5 Å². The topological polar surface area (TPSA) is 86.3 Å². The zero-order valence-electron chi connectivity index (χ0n) is 12.7. The summed E-state index contributed by atoms with van der Waals surface area (Å²) in [7, 11) is 0. The Morgan fingerprint density at radius 2 is 1.96 bits per heavy atom. The summed E-state index contributed by atoms with van der Waals surface area (Å²) in [5.74, 6) is 1.08. The van der Waals surface area contributed by atoms with E-state index in [9.17, 15) is 4.79 Å². The van der Waals surface area contributed by atoms with Crippen LogP contribution in [0.3, 0.4) is 0 Å². The number of rotatable bonds is 6. The van der Waals surface area contributed by atoms with Crippen LogP contribution in [-0.4, -0.2) is 52.7 Å². The highest BCUT2D eigenvalue weighted by Gasteiger charge is 2.21. The average Bonchev–Trinajstić information content (AvgIpc) is 3.00. The third kappa shape index (κ3) is 3.83. The lowest BCUT2D eigenvalue weighted by atomic mass is 10.3. The molecule has 1 aliphatic heterocycles. The van der Waals surface area contributed by atoms with Crippen molar-refractivity contribution in [3.05, 3.63) is 30.3 Å². The maximum Gasteiger partial charge on any atom is 0.232 e. The van der Waals surface area contributed by atoms with Crippen molar-refractivity contribution in [3.63, 3.8) is 0 Å². The molecular weight excluding hydrogens is 314 g/mol. The maximum absolute atomic E-state index is 10.9. The number of nitrogens with zero attached hydrogens (tertiary/aromatic N) is 4. The van der Waals surface area contributed by atoms with Crippen molar-refractivity contribution in [3.8, 4) is 5.69 Å². The average molecular weight is 333 g/mol. The smallest absolute Gasteiger partial charge is 0.232 e. The second-order valence-electron chi connectivity index (χ2n) is 5.12. The van der Waals surface area contributed by atoms with Gasteiger partial charge in [0.2, 0.25) is 11.9 Å². The van der Waals surface area contributed by atoms with Gasteiger partial charge in [0, 0.05) is 25.3 Å². The second-order valence-corrected chi connectivity index (χ2v) is 6.18. The van der Waals surface area contributed by atoms with Crippen molar-refractivity contribution in [1.29, 1.82) is 0 Å². The monoisotopic (exact) mass is 333 g/mol. The number of carbonyl (C=O) groups is 1. The minimum Gasteiger partial charge on any atom is -0.378 e. The summed E-state index contributed by atoms with van der Waals surface area (Å²) in [4.78, 5) is 13.1. The second kappa shape index (κ2) is 7.47. The SMILES string of the molecule is NC(=O)CCSc1nnc(N2CCOCC2)n1-c1ccccc1. The quantitative estimate of drug-likeness (QED) is 0.796. The Morgan fingerprint density at radius 1 is 1.22 bits per heavy atom. The molecule has 0 bridgehead atoms. The van der Waals surface area contributed by atoms with Gasteiger partial charge >= 0.3 is 0 Å². The number of hydrogen-bond donors (Lipinski definition) is 1. The zero-order valence-corrected chi connectivity index (χ0v) is 13.5. The van der Waals surface area contributed by atoms with Crippen LogP contribution in [0.4, 0.5) is 5.95 Å². The van der Waals surface area contributed by atoms with E-state index >= 15 is 0 Å². The molecule has 1 amide bonds. The lowest BCUT2D eigenvalue weighted by Crippen LogP contribution is -2.37. The highest BCUT2D eigenvalue weighted by molar-refractivity contribution is 7.99. The first kappa shape index (κ1) is 15.8. The number of benzene rings is 1. The number of hydrogen-bond acceptors (Lipinski definition) is 6. The van der Waals surface area contributed by atoms with Crippen molar-refractivity contribution in [1.82, 2.24) is 14.8 Å². The molecule has 0 unspecified atom stereocenters. The lowest BCUT2D eigenvalue weighted by Gasteiger charge is -2.27. The van der Waals surface area contributed by atoms with Crippen molar-refractivity contribution in [2.24, 2.45) is 5.73 Å². The predicted molar refractivity (Wildman–Crippen MR) is 88.9 cm³/mol. The van der Waals surface area contributed by atoms with E-state index in [1.807, 2.05) is 34.9 Å². The highest BCUT2D eigenvalue weighted by atomic mass is 32.2. The Balaban J connectivity index is 1.89. The van der Waals surface area contributed by atoms with Gasteiger partial charge in [0.1, 0.15) is 0 Å². The highest BCUT2D eigenvalue weighted by Crippen LogP contribution is 2.27. The van der Waals surface area contributed by atoms with Crippen LogP contribution in [0.2, 0.25) is 0 Å². The number of carbonyl (C=O) groups excluding carboxylic acids is 1. The van der Waals surface area contributed by atoms with E-state index in [4.69, 9.17) is 10.5 Å². The third-order valence-electron chi connectivity index (χ3n) is 3.50. The molecule has 0 saturated carbocycles. The maximum atomic E-state index is 10.9. The number of nitrogens with two attached hydrogens (primary N) is 1. The molecule has 0 radical (unpaired) electrons. The van der Waals surface area contributed by atoms with Gasteiger partial charge in [-0.15, -0.1) is 10.2 Å². The van der Waals surface area contributed by atoms with E-state index in [1.165, 1.54) is 11.8 Å². The summed E-state index contributed by atoms with van der Waals surface area (Å²) < 4.78 is 7.43. The molecular formula is C15H19N5O2S. The fourth-order valence-electron chi connectivity index (χ4n) is 2.37. The van der Waals surface area contributed by atoms with Crippen molar-refractivity contribution in [2.75, 3.05) is 37.0 Å². The van der Waals surface area contributed by atoms with Crippen LogP contribution >= 0.6 is 11.8 Å². The first-order chi connectivity index (χ1) is 11.3.